The number of fused-ring (bicyclic) bond motifs is 1. The van der Waals surface area contributed by atoms with Crippen molar-refractivity contribution in [2.24, 2.45) is 23.0 Å². The smallest absolute Gasteiger partial charge is 0.0361 e. The first-order valence-corrected chi connectivity index (χ1v) is 7.84. The van der Waals surface area contributed by atoms with Crippen LogP contribution in [0.4, 0.5) is 0 Å². The van der Waals surface area contributed by atoms with Gasteiger partial charge in [-0.15, -0.1) is 0 Å². The second kappa shape index (κ2) is 4.37. The maximum absolute atomic E-state index is 6.38. The lowest BCUT2D eigenvalue weighted by Gasteiger charge is -2.36. The van der Waals surface area contributed by atoms with Crippen LogP contribution in [0.3, 0.4) is 0 Å². The van der Waals surface area contributed by atoms with Gasteiger partial charge >= 0.3 is 0 Å². The highest BCUT2D eigenvalue weighted by Gasteiger charge is 2.37. The van der Waals surface area contributed by atoms with Crippen molar-refractivity contribution in [3.63, 3.8) is 0 Å². The van der Waals surface area contributed by atoms with E-state index in [9.17, 15) is 0 Å². The van der Waals surface area contributed by atoms with Gasteiger partial charge in [0.1, 0.15) is 0 Å². The minimum absolute atomic E-state index is 0.231. The maximum atomic E-state index is 6.38. The largest absolute Gasteiger partial charge is 0.348 e. The summed E-state index contributed by atoms with van der Waals surface area (Å²) < 4.78 is 2.57. The topological polar surface area (TPSA) is 30.9 Å². The molecule has 1 saturated carbocycles. The Hall–Kier alpha value is -0.760. The van der Waals surface area contributed by atoms with Crippen molar-refractivity contribution in [1.29, 1.82) is 0 Å². The first kappa shape index (κ1) is 13.2. The number of rotatable bonds is 1. The Balaban J connectivity index is 1.97. The minimum atomic E-state index is 0.231. The van der Waals surface area contributed by atoms with Crippen molar-refractivity contribution in [3.8, 4) is 0 Å². The van der Waals surface area contributed by atoms with Gasteiger partial charge in [0, 0.05) is 24.0 Å². The van der Waals surface area contributed by atoms with Crippen LogP contribution in [0.1, 0.15) is 70.3 Å². The summed E-state index contributed by atoms with van der Waals surface area (Å²) in [5, 5.41) is 0. The van der Waals surface area contributed by atoms with Crippen molar-refractivity contribution >= 4 is 0 Å². The van der Waals surface area contributed by atoms with Gasteiger partial charge in [0.05, 0.1) is 0 Å². The first-order chi connectivity index (χ1) is 8.89. The summed E-state index contributed by atoms with van der Waals surface area (Å²) in [5.74, 6) is 1.64. The monoisotopic (exact) mass is 260 g/mol. The van der Waals surface area contributed by atoms with E-state index in [1.807, 2.05) is 0 Å². The third kappa shape index (κ3) is 2.14. The van der Waals surface area contributed by atoms with Crippen LogP contribution in [0.5, 0.6) is 0 Å². The van der Waals surface area contributed by atoms with Gasteiger partial charge in [0.2, 0.25) is 0 Å². The molecule has 4 atom stereocenters. The zero-order valence-electron chi connectivity index (χ0n) is 12.8. The molecule has 0 spiro atoms. The molecule has 19 heavy (non-hydrogen) atoms. The molecule has 1 aromatic rings. The van der Waals surface area contributed by atoms with Crippen molar-refractivity contribution in [2.75, 3.05) is 0 Å². The third-order valence-corrected chi connectivity index (χ3v) is 5.66. The fourth-order valence-electron chi connectivity index (χ4n) is 4.30. The Labute approximate surface area is 117 Å². The second-order valence-corrected chi connectivity index (χ2v) is 7.76. The molecule has 0 radical (unpaired) electrons. The van der Waals surface area contributed by atoms with Gasteiger partial charge in [-0.2, -0.15) is 0 Å². The molecule has 2 N–H and O–H groups in total. The molecule has 0 aromatic carbocycles. The molecule has 0 saturated heterocycles. The minimum Gasteiger partial charge on any atom is -0.348 e. The summed E-state index contributed by atoms with van der Waals surface area (Å²) in [4.78, 5) is 0. The van der Waals surface area contributed by atoms with Crippen molar-refractivity contribution in [1.82, 2.24) is 4.57 Å². The van der Waals surface area contributed by atoms with Gasteiger partial charge < -0.3 is 10.3 Å². The predicted octanol–water partition coefficient (Wildman–Crippen LogP) is 4.07. The van der Waals surface area contributed by atoms with E-state index in [4.69, 9.17) is 5.73 Å². The fourth-order valence-corrected chi connectivity index (χ4v) is 4.30. The van der Waals surface area contributed by atoms with E-state index in [-0.39, 0.29) is 6.04 Å². The Morgan fingerprint density at radius 2 is 2.00 bits per heavy atom. The molecule has 2 heteroatoms. The van der Waals surface area contributed by atoms with Crippen molar-refractivity contribution in [2.45, 2.75) is 65.5 Å². The van der Waals surface area contributed by atoms with Crippen molar-refractivity contribution in [3.05, 3.63) is 23.5 Å². The summed E-state index contributed by atoms with van der Waals surface area (Å²) in [5.41, 5.74) is 9.66. The molecule has 1 fully saturated rings. The molecule has 106 valence electrons. The van der Waals surface area contributed by atoms with E-state index in [1.54, 1.807) is 0 Å². The van der Waals surface area contributed by atoms with Crippen LogP contribution in [-0.4, -0.2) is 4.57 Å². The molecule has 3 rings (SSSR count). The van der Waals surface area contributed by atoms with E-state index in [0.29, 0.717) is 11.5 Å². The van der Waals surface area contributed by atoms with E-state index >= 15 is 0 Å². The van der Waals surface area contributed by atoms with Crippen LogP contribution in [-0.2, 0) is 6.42 Å². The lowest BCUT2D eigenvalue weighted by atomic mass is 9.74. The van der Waals surface area contributed by atoms with E-state index in [0.717, 1.165) is 18.3 Å². The maximum Gasteiger partial charge on any atom is 0.0361 e. The van der Waals surface area contributed by atoms with Gasteiger partial charge in [0.15, 0.2) is 0 Å². The average molecular weight is 260 g/mol. The molecular weight excluding hydrogens is 232 g/mol. The van der Waals surface area contributed by atoms with E-state index in [1.165, 1.54) is 30.5 Å². The van der Waals surface area contributed by atoms with Crippen molar-refractivity contribution < 1.29 is 0 Å². The highest BCUT2D eigenvalue weighted by molar-refractivity contribution is 5.31. The van der Waals surface area contributed by atoms with Crippen LogP contribution in [0.2, 0.25) is 0 Å². The molecule has 1 heterocycles. The van der Waals surface area contributed by atoms with Gasteiger partial charge in [-0.1, -0.05) is 27.7 Å². The zero-order chi connectivity index (χ0) is 13.8. The van der Waals surface area contributed by atoms with Crippen LogP contribution in [0.25, 0.3) is 0 Å². The molecular formula is C17H28N2. The first-order valence-electron chi connectivity index (χ1n) is 7.84. The summed E-state index contributed by atoms with van der Waals surface area (Å²) in [6, 6.07) is 3.21. The zero-order valence-corrected chi connectivity index (χ0v) is 12.8. The van der Waals surface area contributed by atoms with Gasteiger partial charge in [-0.05, 0) is 54.6 Å². The lowest BCUT2D eigenvalue weighted by Crippen LogP contribution is -2.31. The number of aromatic nitrogens is 1. The van der Waals surface area contributed by atoms with E-state index < -0.39 is 0 Å². The van der Waals surface area contributed by atoms with Crippen LogP contribution in [0.15, 0.2) is 12.3 Å². The average Bonchev–Trinajstić information content (AvgIpc) is 2.83. The predicted molar refractivity (Wildman–Crippen MR) is 80.1 cm³/mol. The SMILES string of the molecule is CC1CCC(n2ccc3c2CC(C)(C)CC3N)C1C. The highest BCUT2D eigenvalue weighted by atomic mass is 15.0. The van der Waals surface area contributed by atoms with Crippen LogP contribution in [0, 0.1) is 17.3 Å². The molecule has 2 aliphatic rings. The number of nitrogens with two attached hydrogens (primary N) is 1. The number of hydrogen-bond acceptors (Lipinski definition) is 1. The highest BCUT2D eigenvalue weighted by Crippen LogP contribution is 2.45. The summed E-state index contributed by atoms with van der Waals surface area (Å²) >= 11 is 0. The quantitative estimate of drug-likeness (QED) is 0.811. The number of nitrogens with zero attached hydrogens (tertiary/aromatic N) is 1. The van der Waals surface area contributed by atoms with Crippen LogP contribution < -0.4 is 5.73 Å². The Bertz CT molecular complexity index is 472. The summed E-state index contributed by atoms with van der Waals surface area (Å²) in [6.07, 6.45) is 7.31. The summed E-state index contributed by atoms with van der Waals surface area (Å²) in [7, 11) is 0. The fraction of sp³-hybridized carbons (Fsp3) is 0.765. The normalized spacial score (nSPS) is 37.3. The molecule has 0 aliphatic heterocycles. The third-order valence-electron chi connectivity index (χ3n) is 5.66. The Morgan fingerprint density at radius 3 is 2.63 bits per heavy atom. The Morgan fingerprint density at radius 1 is 1.26 bits per heavy atom. The molecule has 4 unspecified atom stereocenters. The van der Waals surface area contributed by atoms with Crippen LogP contribution >= 0.6 is 0 Å². The van der Waals surface area contributed by atoms with Gasteiger partial charge in [-0.3, -0.25) is 0 Å². The standard InChI is InChI=1S/C17H28N2/c1-11-5-6-15(12(11)2)19-8-7-13-14(18)9-17(3,4)10-16(13)19/h7-8,11-12,14-15H,5-6,9-10,18H2,1-4H3. The molecule has 0 amide bonds. The molecule has 2 nitrogen and oxygen atoms in total. The number of hydrogen-bond donors (Lipinski definition) is 1. The van der Waals surface area contributed by atoms with Gasteiger partial charge in [0.25, 0.3) is 0 Å². The van der Waals surface area contributed by atoms with Gasteiger partial charge in [-0.25, -0.2) is 0 Å². The van der Waals surface area contributed by atoms with E-state index in [2.05, 4.69) is 44.5 Å². The Kier molecular flexibility index (Phi) is 3.05. The lowest BCUT2D eigenvalue weighted by molar-refractivity contribution is 0.264. The molecule has 1 aromatic heterocycles. The summed E-state index contributed by atoms with van der Waals surface area (Å²) in [6.45, 7) is 9.53. The second-order valence-electron chi connectivity index (χ2n) is 7.76. The molecule has 2 aliphatic carbocycles. The molecule has 0 bridgehead atoms.